The zero-order valence-electron chi connectivity index (χ0n) is 18.2. The molecule has 2 amide bonds. The number of hydrogen-bond donors (Lipinski definition) is 4. The molecule has 0 aliphatic heterocycles. The number of nitrogens with one attached hydrogen (secondary N) is 4. The zero-order valence-corrected chi connectivity index (χ0v) is 18.2. The van der Waals surface area contributed by atoms with Crippen molar-refractivity contribution in [2.45, 2.75) is 13.8 Å². The lowest BCUT2D eigenvalue weighted by atomic mass is 10.2. The van der Waals surface area contributed by atoms with Crippen LogP contribution in [-0.4, -0.2) is 52.9 Å². The van der Waals surface area contributed by atoms with Crippen LogP contribution in [0.1, 0.15) is 22.8 Å². The highest BCUT2D eigenvalue weighted by Gasteiger charge is 2.12. The van der Waals surface area contributed by atoms with Crippen molar-refractivity contribution in [1.29, 1.82) is 0 Å². The van der Waals surface area contributed by atoms with Crippen molar-refractivity contribution < 1.29 is 9.59 Å². The number of pyridine rings is 1. The molecule has 0 saturated heterocycles. The molecule has 0 aliphatic rings. The van der Waals surface area contributed by atoms with Gasteiger partial charge in [0.25, 0.3) is 5.91 Å². The van der Waals surface area contributed by atoms with E-state index in [1.165, 1.54) is 6.92 Å². The van der Waals surface area contributed by atoms with Crippen molar-refractivity contribution in [3.63, 3.8) is 0 Å². The number of aromatic nitrogens is 3. The van der Waals surface area contributed by atoms with Crippen LogP contribution in [0.2, 0.25) is 0 Å². The molecule has 0 radical (unpaired) electrons. The molecular formula is C23H27N7O2. The molecule has 0 spiro atoms. The second-order valence-electron chi connectivity index (χ2n) is 7.06. The zero-order chi connectivity index (χ0) is 22.8. The first-order valence-electron chi connectivity index (χ1n) is 10.4. The molecule has 1 aromatic carbocycles. The van der Waals surface area contributed by atoms with Crippen LogP contribution in [0.25, 0.3) is 11.4 Å². The number of nitrogens with zero attached hydrogens (tertiary/aromatic N) is 3. The van der Waals surface area contributed by atoms with Gasteiger partial charge in [-0.15, -0.1) is 0 Å². The highest BCUT2D eigenvalue weighted by Crippen LogP contribution is 2.24. The van der Waals surface area contributed by atoms with Crippen molar-refractivity contribution in [2.75, 3.05) is 36.8 Å². The smallest absolute Gasteiger partial charge is 0.251 e. The van der Waals surface area contributed by atoms with E-state index in [1.807, 2.05) is 37.3 Å². The molecule has 3 rings (SSSR count). The molecule has 0 fully saturated rings. The third-order valence-electron chi connectivity index (χ3n) is 4.61. The van der Waals surface area contributed by atoms with E-state index in [4.69, 9.17) is 0 Å². The van der Waals surface area contributed by atoms with E-state index in [1.54, 1.807) is 24.5 Å². The van der Waals surface area contributed by atoms with Crippen LogP contribution in [-0.2, 0) is 4.79 Å². The van der Waals surface area contributed by atoms with Crippen molar-refractivity contribution in [2.24, 2.45) is 0 Å². The Morgan fingerprint density at radius 3 is 2.00 bits per heavy atom. The average molecular weight is 434 g/mol. The van der Waals surface area contributed by atoms with Gasteiger partial charge >= 0.3 is 0 Å². The molecular weight excluding hydrogens is 406 g/mol. The Hall–Kier alpha value is -4.01. The second-order valence-corrected chi connectivity index (χ2v) is 7.06. The van der Waals surface area contributed by atoms with Crippen LogP contribution in [0.4, 0.5) is 11.6 Å². The molecule has 3 aromatic rings. The lowest BCUT2D eigenvalue weighted by Gasteiger charge is -2.16. The van der Waals surface area contributed by atoms with E-state index in [2.05, 4.69) is 36.2 Å². The Kier molecular flexibility index (Phi) is 8.08. The summed E-state index contributed by atoms with van der Waals surface area (Å²) >= 11 is 0. The summed E-state index contributed by atoms with van der Waals surface area (Å²) in [6.45, 7) is 5.35. The fourth-order valence-electron chi connectivity index (χ4n) is 2.96. The van der Waals surface area contributed by atoms with Crippen LogP contribution >= 0.6 is 0 Å². The van der Waals surface area contributed by atoms with Crippen LogP contribution in [0.5, 0.6) is 0 Å². The first kappa shape index (κ1) is 22.7. The van der Waals surface area contributed by atoms with Crippen LogP contribution in [0.3, 0.4) is 0 Å². The third kappa shape index (κ3) is 6.49. The van der Waals surface area contributed by atoms with Gasteiger partial charge in [-0.3, -0.25) is 14.6 Å². The minimum atomic E-state index is -0.154. The van der Waals surface area contributed by atoms with E-state index in [-0.39, 0.29) is 11.8 Å². The number of rotatable bonds is 10. The second kappa shape index (κ2) is 11.4. The maximum Gasteiger partial charge on any atom is 0.251 e. The normalized spacial score (nSPS) is 10.3. The van der Waals surface area contributed by atoms with Crippen LogP contribution in [0, 0.1) is 6.92 Å². The Morgan fingerprint density at radius 1 is 0.812 bits per heavy atom. The Balaban J connectivity index is 1.68. The molecule has 9 heteroatoms. The van der Waals surface area contributed by atoms with E-state index < -0.39 is 0 Å². The van der Waals surface area contributed by atoms with Crippen molar-refractivity contribution >= 4 is 23.5 Å². The Bertz CT molecular complexity index is 1040. The van der Waals surface area contributed by atoms with Crippen LogP contribution < -0.4 is 21.3 Å². The van der Waals surface area contributed by atoms with E-state index in [0.29, 0.717) is 49.2 Å². The van der Waals surface area contributed by atoms with Gasteiger partial charge in [-0.1, -0.05) is 30.3 Å². The number of carbonyl (C=O) groups is 2. The van der Waals surface area contributed by atoms with Gasteiger partial charge < -0.3 is 21.3 Å². The van der Waals surface area contributed by atoms with Crippen molar-refractivity contribution in [3.8, 4) is 11.4 Å². The topological polar surface area (TPSA) is 121 Å². The molecule has 0 unspecified atom stereocenters. The van der Waals surface area contributed by atoms with Gasteiger partial charge in [0, 0.05) is 62.2 Å². The first-order chi connectivity index (χ1) is 15.5. The van der Waals surface area contributed by atoms with E-state index >= 15 is 0 Å². The summed E-state index contributed by atoms with van der Waals surface area (Å²) in [4.78, 5) is 36.5. The summed E-state index contributed by atoms with van der Waals surface area (Å²) in [6.07, 6.45) is 3.17. The SMILES string of the molecule is CC(=O)NCCNc1nc(-c2ccccc2)nc(NCCNC(=O)c2ccncc2)c1C. The molecule has 0 aliphatic carbocycles. The fourth-order valence-corrected chi connectivity index (χ4v) is 2.96. The standard InChI is InChI=1S/C23H27N7O2/c1-16-20(26-13-12-25-17(2)31)29-22(18-6-4-3-5-7-18)30-21(16)27-14-15-28-23(32)19-8-10-24-11-9-19/h3-11H,12-15H2,1-2H3,(H,25,31)(H,28,32)(H2,26,27,29,30). The Labute approximate surface area is 187 Å². The summed E-state index contributed by atoms with van der Waals surface area (Å²) in [7, 11) is 0. The number of hydrogen-bond acceptors (Lipinski definition) is 7. The van der Waals surface area contributed by atoms with Gasteiger partial charge in [-0.25, -0.2) is 9.97 Å². The maximum absolute atomic E-state index is 12.2. The molecule has 0 atom stereocenters. The van der Waals surface area contributed by atoms with E-state index in [0.717, 1.165) is 11.1 Å². The molecule has 32 heavy (non-hydrogen) atoms. The number of benzene rings is 1. The molecule has 0 bridgehead atoms. The summed E-state index contributed by atoms with van der Waals surface area (Å²) in [6, 6.07) is 13.0. The lowest BCUT2D eigenvalue weighted by molar-refractivity contribution is -0.118. The molecule has 9 nitrogen and oxygen atoms in total. The lowest BCUT2D eigenvalue weighted by Crippen LogP contribution is -2.29. The first-order valence-corrected chi connectivity index (χ1v) is 10.4. The van der Waals surface area contributed by atoms with Gasteiger partial charge in [0.15, 0.2) is 5.82 Å². The van der Waals surface area contributed by atoms with Gasteiger partial charge in [0.05, 0.1) is 0 Å². The largest absolute Gasteiger partial charge is 0.368 e. The molecule has 2 aromatic heterocycles. The number of amides is 2. The molecule has 166 valence electrons. The summed E-state index contributed by atoms with van der Waals surface area (Å²) in [5.41, 5.74) is 2.31. The summed E-state index contributed by atoms with van der Waals surface area (Å²) in [5.74, 6) is 1.72. The van der Waals surface area contributed by atoms with Crippen molar-refractivity contribution in [1.82, 2.24) is 25.6 Å². The molecule has 2 heterocycles. The van der Waals surface area contributed by atoms with Gasteiger partial charge in [-0.2, -0.15) is 0 Å². The van der Waals surface area contributed by atoms with Gasteiger partial charge in [0.2, 0.25) is 5.91 Å². The van der Waals surface area contributed by atoms with Crippen LogP contribution in [0.15, 0.2) is 54.9 Å². The third-order valence-corrected chi connectivity index (χ3v) is 4.61. The minimum Gasteiger partial charge on any atom is -0.368 e. The van der Waals surface area contributed by atoms with Gasteiger partial charge in [0.1, 0.15) is 11.6 Å². The van der Waals surface area contributed by atoms with Crippen molar-refractivity contribution in [3.05, 3.63) is 66.0 Å². The predicted octanol–water partition coefficient (Wildman–Crippen LogP) is 2.24. The number of carbonyl (C=O) groups excluding carboxylic acids is 2. The predicted molar refractivity (Wildman–Crippen MR) is 124 cm³/mol. The van der Waals surface area contributed by atoms with E-state index in [9.17, 15) is 9.59 Å². The molecule has 0 saturated carbocycles. The maximum atomic E-state index is 12.2. The quantitative estimate of drug-likeness (QED) is 0.362. The monoisotopic (exact) mass is 433 g/mol. The average Bonchev–Trinajstić information content (AvgIpc) is 2.82. The Morgan fingerprint density at radius 2 is 1.41 bits per heavy atom. The fraction of sp³-hybridized carbons (Fsp3) is 0.261. The highest BCUT2D eigenvalue weighted by molar-refractivity contribution is 5.93. The highest BCUT2D eigenvalue weighted by atomic mass is 16.2. The van der Waals surface area contributed by atoms with Gasteiger partial charge in [-0.05, 0) is 19.1 Å². The summed E-state index contributed by atoms with van der Waals surface area (Å²) < 4.78 is 0. The summed E-state index contributed by atoms with van der Waals surface area (Å²) in [5, 5.41) is 12.2. The molecule has 4 N–H and O–H groups in total. The number of anilines is 2. The minimum absolute atomic E-state index is 0.0765.